The van der Waals surface area contributed by atoms with Crippen LogP contribution in [-0.2, 0) is 19.4 Å². The molecule has 4 nitrogen and oxygen atoms in total. The molecule has 0 spiro atoms. The lowest BCUT2D eigenvalue weighted by atomic mass is 10.0. The van der Waals surface area contributed by atoms with Gasteiger partial charge in [0.15, 0.2) is 0 Å². The van der Waals surface area contributed by atoms with Crippen molar-refractivity contribution >= 4 is 11.9 Å². The zero-order valence-electron chi connectivity index (χ0n) is 7.94. The van der Waals surface area contributed by atoms with E-state index in [2.05, 4.69) is 9.78 Å². The van der Waals surface area contributed by atoms with Gasteiger partial charge in [0.05, 0.1) is 5.57 Å². The van der Waals surface area contributed by atoms with Crippen molar-refractivity contribution in [1.29, 1.82) is 0 Å². The van der Waals surface area contributed by atoms with Gasteiger partial charge in [-0.25, -0.2) is 19.4 Å². The van der Waals surface area contributed by atoms with E-state index in [1.807, 2.05) is 0 Å². The summed E-state index contributed by atoms with van der Waals surface area (Å²) in [7, 11) is 0. The summed E-state index contributed by atoms with van der Waals surface area (Å²) in [6, 6.07) is 0. The maximum absolute atomic E-state index is 11.1. The molecular weight excluding hydrogens is 184 g/mol. The van der Waals surface area contributed by atoms with Gasteiger partial charge in [-0.15, -0.1) is 0 Å². The SMILES string of the molecule is C/C=C/C(=O)OOC(=O)C1=C(C)C=C1. The van der Waals surface area contributed by atoms with Gasteiger partial charge in [-0.3, -0.25) is 0 Å². The molecule has 1 aliphatic rings. The van der Waals surface area contributed by atoms with Crippen molar-refractivity contribution in [2.24, 2.45) is 0 Å². The third-order valence-electron chi connectivity index (χ3n) is 1.65. The Morgan fingerprint density at radius 3 is 2.43 bits per heavy atom. The molecule has 0 N–H and O–H groups in total. The minimum absolute atomic E-state index is 0.429. The van der Waals surface area contributed by atoms with Gasteiger partial charge >= 0.3 is 11.9 Å². The van der Waals surface area contributed by atoms with Crippen molar-refractivity contribution in [2.75, 3.05) is 0 Å². The zero-order valence-corrected chi connectivity index (χ0v) is 7.94. The third kappa shape index (κ3) is 2.32. The van der Waals surface area contributed by atoms with Crippen LogP contribution in [0.1, 0.15) is 13.8 Å². The van der Waals surface area contributed by atoms with Crippen LogP contribution in [0.25, 0.3) is 0 Å². The number of rotatable bonds is 2. The summed E-state index contributed by atoms with van der Waals surface area (Å²) in [5, 5.41) is 0. The summed E-state index contributed by atoms with van der Waals surface area (Å²) < 4.78 is 0. The van der Waals surface area contributed by atoms with Crippen molar-refractivity contribution < 1.29 is 19.4 Å². The lowest BCUT2D eigenvalue weighted by Gasteiger charge is -2.09. The molecule has 74 valence electrons. The van der Waals surface area contributed by atoms with E-state index >= 15 is 0 Å². The molecule has 0 amide bonds. The van der Waals surface area contributed by atoms with Crippen LogP contribution < -0.4 is 0 Å². The van der Waals surface area contributed by atoms with Crippen molar-refractivity contribution in [3.8, 4) is 0 Å². The molecule has 0 unspecified atom stereocenters. The molecule has 0 aromatic heterocycles. The lowest BCUT2D eigenvalue weighted by Crippen LogP contribution is -2.14. The second kappa shape index (κ2) is 4.41. The van der Waals surface area contributed by atoms with Gasteiger partial charge in [0.1, 0.15) is 0 Å². The molecule has 0 radical (unpaired) electrons. The zero-order chi connectivity index (χ0) is 10.6. The standard InChI is InChI=1S/C10H10O4/c1-3-4-9(11)13-14-10(12)8-6-5-7(8)2/h3-6H,1-2H3/b4-3+. The highest BCUT2D eigenvalue weighted by atomic mass is 17.2. The second-order valence-corrected chi connectivity index (χ2v) is 2.70. The molecule has 0 heterocycles. The van der Waals surface area contributed by atoms with E-state index in [-0.39, 0.29) is 0 Å². The van der Waals surface area contributed by atoms with Crippen molar-refractivity contribution in [3.63, 3.8) is 0 Å². The summed E-state index contributed by atoms with van der Waals surface area (Å²) in [5.41, 5.74) is 1.25. The third-order valence-corrected chi connectivity index (χ3v) is 1.65. The summed E-state index contributed by atoms with van der Waals surface area (Å²) in [6.45, 7) is 3.43. The largest absolute Gasteiger partial charge is 0.386 e. The molecule has 0 saturated carbocycles. The van der Waals surface area contributed by atoms with Crippen LogP contribution in [0.2, 0.25) is 0 Å². The summed E-state index contributed by atoms with van der Waals surface area (Å²) in [5.74, 6) is -1.36. The van der Waals surface area contributed by atoms with E-state index in [9.17, 15) is 9.59 Å². The molecule has 0 atom stereocenters. The smallest absolute Gasteiger partial charge is 0.242 e. The Bertz CT molecular complexity index is 347. The Morgan fingerprint density at radius 1 is 1.29 bits per heavy atom. The van der Waals surface area contributed by atoms with Gasteiger partial charge in [0.25, 0.3) is 0 Å². The highest BCUT2D eigenvalue weighted by Gasteiger charge is 2.18. The van der Waals surface area contributed by atoms with Gasteiger partial charge in [0.2, 0.25) is 0 Å². The average molecular weight is 194 g/mol. The molecule has 4 heteroatoms. The summed E-state index contributed by atoms with van der Waals surface area (Å²) in [4.78, 5) is 30.3. The predicted octanol–water partition coefficient (Wildman–Crippen LogP) is 1.45. The van der Waals surface area contributed by atoms with Gasteiger partial charge in [-0.05, 0) is 25.5 Å². The molecule has 0 aromatic rings. The molecule has 1 rings (SSSR count). The fraction of sp³-hybridized carbons (Fsp3) is 0.200. The molecule has 1 aliphatic carbocycles. The van der Waals surface area contributed by atoms with Crippen LogP contribution >= 0.6 is 0 Å². The number of carbonyl (C=O) groups excluding carboxylic acids is 2. The van der Waals surface area contributed by atoms with E-state index < -0.39 is 11.9 Å². The molecule has 0 aliphatic heterocycles. The maximum atomic E-state index is 11.1. The molecular formula is C10H10O4. The first-order valence-corrected chi connectivity index (χ1v) is 4.09. The fourth-order valence-electron chi connectivity index (χ4n) is 0.850. The minimum atomic E-state index is -0.706. The van der Waals surface area contributed by atoms with Crippen LogP contribution in [0.4, 0.5) is 0 Å². The Balaban J connectivity index is 2.36. The van der Waals surface area contributed by atoms with Gasteiger partial charge in [0, 0.05) is 6.08 Å². The highest BCUT2D eigenvalue weighted by molar-refractivity contribution is 5.95. The summed E-state index contributed by atoms with van der Waals surface area (Å²) >= 11 is 0. The van der Waals surface area contributed by atoms with Crippen LogP contribution in [0.5, 0.6) is 0 Å². The van der Waals surface area contributed by atoms with Crippen LogP contribution in [0, 0.1) is 0 Å². The van der Waals surface area contributed by atoms with Gasteiger partial charge in [-0.2, -0.15) is 0 Å². The van der Waals surface area contributed by atoms with E-state index in [0.29, 0.717) is 5.57 Å². The van der Waals surface area contributed by atoms with E-state index in [1.54, 1.807) is 26.0 Å². The van der Waals surface area contributed by atoms with Crippen molar-refractivity contribution in [3.05, 3.63) is 35.5 Å². The maximum Gasteiger partial charge on any atom is 0.386 e. The second-order valence-electron chi connectivity index (χ2n) is 2.70. The van der Waals surface area contributed by atoms with E-state index in [1.165, 1.54) is 6.08 Å². The lowest BCUT2D eigenvalue weighted by molar-refractivity contribution is -0.251. The molecule has 0 bridgehead atoms. The predicted molar refractivity (Wildman–Crippen MR) is 48.8 cm³/mol. The molecule has 0 saturated heterocycles. The Labute approximate surface area is 81.4 Å². The summed E-state index contributed by atoms with van der Waals surface area (Å²) in [6.07, 6.45) is 6.01. The average Bonchev–Trinajstić information content (AvgIpc) is 2.13. The first-order chi connectivity index (χ1) is 6.65. The van der Waals surface area contributed by atoms with Crippen LogP contribution in [0.3, 0.4) is 0 Å². The van der Waals surface area contributed by atoms with Crippen molar-refractivity contribution in [1.82, 2.24) is 0 Å². The highest BCUT2D eigenvalue weighted by Crippen LogP contribution is 2.18. The Kier molecular flexibility index (Phi) is 3.23. The molecule has 14 heavy (non-hydrogen) atoms. The molecule has 0 fully saturated rings. The van der Waals surface area contributed by atoms with Gasteiger partial charge < -0.3 is 0 Å². The van der Waals surface area contributed by atoms with Crippen LogP contribution in [0.15, 0.2) is 35.5 Å². The Morgan fingerprint density at radius 2 is 2.00 bits per heavy atom. The normalized spacial score (nSPS) is 14.1. The number of hydrogen-bond acceptors (Lipinski definition) is 4. The Hall–Kier alpha value is -1.84. The van der Waals surface area contributed by atoms with Crippen molar-refractivity contribution in [2.45, 2.75) is 13.8 Å². The first-order valence-electron chi connectivity index (χ1n) is 4.09. The minimum Gasteiger partial charge on any atom is -0.242 e. The fourth-order valence-corrected chi connectivity index (χ4v) is 0.850. The molecule has 0 aromatic carbocycles. The van der Waals surface area contributed by atoms with Crippen LogP contribution in [-0.4, -0.2) is 11.9 Å². The number of allylic oxidation sites excluding steroid dienone is 3. The topological polar surface area (TPSA) is 52.6 Å². The number of hydrogen-bond donors (Lipinski definition) is 0. The van der Waals surface area contributed by atoms with Gasteiger partial charge in [-0.1, -0.05) is 12.2 Å². The van der Waals surface area contributed by atoms with E-state index in [4.69, 9.17) is 0 Å². The first kappa shape index (κ1) is 10.2. The number of carbonyl (C=O) groups is 2. The monoisotopic (exact) mass is 194 g/mol. The van der Waals surface area contributed by atoms with E-state index in [0.717, 1.165) is 11.6 Å². The quantitative estimate of drug-likeness (QED) is 0.379.